The second kappa shape index (κ2) is 8.48. The van der Waals surface area contributed by atoms with E-state index in [0.717, 1.165) is 27.7 Å². The van der Waals surface area contributed by atoms with E-state index in [9.17, 15) is 22.8 Å². The average molecular weight is 423 g/mol. The first-order chi connectivity index (χ1) is 13.7. The maximum Gasteiger partial charge on any atom is 0.473 e. The molecule has 0 aliphatic carbocycles. The van der Waals surface area contributed by atoms with E-state index in [1.807, 2.05) is 42.5 Å². The Morgan fingerprint density at radius 3 is 2.59 bits per heavy atom. The number of alkyl halides is 3. The second-order valence-corrected chi connectivity index (χ2v) is 7.24. The van der Waals surface area contributed by atoms with Gasteiger partial charge in [0.2, 0.25) is 0 Å². The van der Waals surface area contributed by atoms with E-state index in [0.29, 0.717) is 4.88 Å². The number of aromatic nitrogens is 1. The zero-order valence-electron chi connectivity index (χ0n) is 14.9. The predicted octanol–water partition coefficient (Wildman–Crippen LogP) is 3.55. The van der Waals surface area contributed by atoms with Crippen molar-refractivity contribution in [3.05, 3.63) is 63.9 Å². The highest BCUT2D eigenvalue weighted by molar-refractivity contribution is 7.09. The maximum atomic E-state index is 12.7. The van der Waals surface area contributed by atoms with E-state index >= 15 is 0 Å². The molecule has 2 amide bonds. The summed E-state index contributed by atoms with van der Waals surface area (Å²) in [5.41, 5.74) is 0.858. The number of rotatable bonds is 5. The Bertz CT molecular complexity index is 1110. The van der Waals surface area contributed by atoms with Gasteiger partial charge in [-0.1, -0.05) is 42.5 Å². The number of hydrogen-bond donors (Lipinski definition) is 2. The van der Waals surface area contributed by atoms with Crippen molar-refractivity contribution in [1.29, 1.82) is 0 Å². The number of nitrogens with one attached hydrogen (secondary N) is 1. The molecule has 2 aromatic carbocycles. The fourth-order valence-corrected chi connectivity index (χ4v) is 3.79. The minimum Gasteiger partial charge on any atom is -0.465 e. The van der Waals surface area contributed by atoms with E-state index in [1.165, 1.54) is 4.57 Å². The number of carboxylic acid groups (broad SMARTS) is 1. The summed E-state index contributed by atoms with van der Waals surface area (Å²) in [4.78, 5) is 25.7. The standard InChI is InChI=1S/C19H16F3N3O3S/c20-19(21,22)16(26)24-17-25(11-14(29-17)8-9-23-18(27)28)10-13-6-3-5-12-4-1-2-7-15(12)13/h1-7,11,23H,8-10H2,(H,27,28). The fraction of sp³-hybridized carbons (Fsp3) is 0.211. The van der Waals surface area contributed by atoms with Gasteiger partial charge in [0.1, 0.15) is 0 Å². The van der Waals surface area contributed by atoms with Crippen LogP contribution in [0.2, 0.25) is 0 Å². The van der Waals surface area contributed by atoms with Crippen LogP contribution in [0.1, 0.15) is 10.4 Å². The molecule has 0 aliphatic rings. The molecule has 2 N–H and O–H groups in total. The summed E-state index contributed by atoms with van der Waals surface area (Å²) in [6.45, 7) is 0.310. The molecule has 6 nitrogen and oxygen atoms in total. The lowest BCUT2D eigenvalue weighted by Crippen LogP contribution is -2.25. The SMILES string of the molecule is O=C(O)NCCc1cn(Cc2cccc3ccccc23)c(=NC(=O)C(F)(F)F)s1. The summed E-state index contributed by atoms with van der Waals surface area (Å²) in [7, 11) is 0. The van der Waals surface area contributed by atoms with Crippen LogP contribution in [0.5, 0.6) is 0 Å². The summed E-state index contributed by atoms with van der Waals surface area (Å²) < 4.78 is 39.5. The summed E-state index contributed by atoms with van der Waals surface area (Å²) in [5.74, 6) is -2.18. The van der Waals surface area contributed by atoms with Crippen molar-refractivity contribution in [3.8, 4) is 0 Å². The molecule has 0 saturated heterocycles. The number of carbonyl (C=O) groups is 2. The van der Waals surface area contributed by atoms with Crippen LogP contribution >= 0.6 is 11.3 Å². The molecule has 3 aromatic rings. The lowest BCUT2D eigenvalue weighted by molar-refractivity contribution is -0.169. The fourth-order valence-electron chi connectivity index (χ4n) is 2.80. The molecule has 0 radical (unpaired) electrons. The first-order valence-corrected chi connectivity index (χ1v) is 9.34. The van der Waals surface area contributed by atoms with Gasteiger partial charge in [0.15, 0.2) is 4.80 Å². The number of amides is 2. The molecule has 0 atom stereocenters. The van der Waals surface area contributed by atoms with Gasteiger partial charge in [-0.3, -0.25) is 4.79 Å². The molecule has 0 unspecified atom stereocenters. The van der Waals surface area contributed by atoms with E-state index < -0.39 is 18.2 Å². The zero-order chi connectivity index (χ0) is 21.0. The van der Waals surface area contributed by atoms with Crippen molar-refractivity contribution in [2.24, 2.45) is 4.99 Å². The van der Waals surface area contributed by atoms with Crippen LogP contribution in [0.15, 0.2) is 53.7 Å². The number of halogens is 3. The Balaban J connectivity index is 1.99. The average Bonchev–Trinajstić information content (AvgIpc) is 3.02. The van der Waals surface area contributed by atoms with E-state index in [-0.39, 0.29) is 24.3 Å². The lowest BCUT2D eigenvalue weighted by Gasteiger charge is -2.08. The number of nitrogens with zero attached hydrogens (tertiary/aromatic N) is 2. The first-order valence-electron chi connectivity index (χ1n) is 8.52. The molecule has 1 aromatic heterocycles. The zero-order valence-corrected chi connectivity index (χ0v) is 15.8. The van der Waals surface area contributed by atoms with Crippen molar-refractivity contribution in [2.45, 2.75) is 19.1 Å². The molecule has 0 fully saturated rings. The number of hydrogen-bond acceptors (Lipinski definition) is 3. The van der Waals surface area contributed by atoms with E-state index in [1.54, 1.807) is 6.20 Å². The van der Waals surface area contributed by atoms with E-state index in [4.69, 9.17) is 5.11 Å². The number of fused-ring (bicyclic) bond motifs is 1. The van der Waals surface area contributed by atoms with Gasteiger partial charge in [0, 0.05) is 24.0 Å². The summed E-state index contributed by atoms with van der Waals surface area (Å²) in [5, 5.41) is 12.8. The number of carbonyl (C=O) groups excluding carboxylic acids is 1. The van der Waals surface area contributed by atoms with Gasteiger partial charge in [0.25, 0.3) is 0 Å². The van der Waals surface area contributed by atoms with Crippen LogP contribution in [-0.2, 0) is 17.8 Å². The Morgan fingerprint density at radius 1 is 1.14 bits per heavy atom. The van der Waals surface area contributed by atoms with Crippen molar-refractivity contribution in [3.63, 3.8) is 0 Å². The second-order valence-electron chi connectivity index (χ2n) is 6.14. The molecular weight excluding hydrogens is 407 g/mol. The Morgan fingerprint density at radius 2 is 1.86 bits per heavy atom. The van der Waals surface area contributed by atoms with Gasteiger partial charge >= 0.3 is 18.2 Å². The van der Waals surface area contributed by atoms with Gasteiger partial charge in [-0.15, -0.1) is 11.3 Å². The molecule has 3 rings (SSSR count). The Kier molecular flexibility index (Phi) is 6.02. The minimum atomic E-state index is -5.06. The van der Waals surface area contributed by atoms with Gasteiger partial charge in [0.05, 0.1) is 6.54 Å². The molecule has 0 spiro atoms. The van der Waals surface area contributed by atoms with Gasteiger partial charge < -0.3 is 15.0 Å². The van der Waals surface area contributed by atoms with Crippen LogP contribution in [0.4, 0.5) is 18.0 Å². The highest BCUT2D eigenvalue weighted by Gasteiger charge is 2.38. The largest absolute Gasteiger partial charge is 0.473 e. The third-order valence-electron chi connectivity index (χ3n) is 4.08. The normalized spacial score (nSPS) is 12.3. The first kappa shape index (κ1) is 20.6. The van der Waals surface area contributed by atoms with Crippen molar-refractivity contribution in [1.82, 2.24) is 9.88 Å². The van der Waals surface area contributed by atoms with Crippen LogP contribution in [-0.4, -0.2) is 34.4 Å². The highest BCUT2D eigenvalue weighted by Crippen LogP contribution is 2.20. The third-order valence-corrected chi connectivity index (χ3v) is 5.16. The van der Waals surface area contributed by atoms with Crippen LogP contribution in [0, 0.1) is 0 Å². The van der Waals surface area contributed by atoms with Gasteiger partial charge in [-0.2, -0.15) is 18.2 Å². The molecule has 0 aliphatic heterocycles. The maximum absolute atomic E-state index is 12.7. The minimum absolute atomic E-state index is 0.0921. The van der Waals surface area contributed by atoms with Crippen molar-refractivity contribution >= 4 is 34.1 Å². The Labute approximate surface area is 166 Å². The quantitative estimate of drug-likeness (QED) is 0.658. The smallest absolute Gasteiger partial charge is 0.465 e. The number of benzene rings is 2. The molecule has 0 bridgehead atoms. The van der Waals surface area contributed by atoms with Crippen LogP contribution < -0.4 is 10.1 Å². The molecular formula is C19H16F3N3O3S. The third kappa shape index (κ3) is 5.23. The molecule has 1 heterocycles. The molecule has 29 heavy (non-hydrogen) atoms. The van der Waals surface area contributed by atoms with Crippen LogP contribution in [0.3, 0.4) is 0 Å². The van der Waals surface area contributed by atoms with Gasteiger partial charge in [-0.25, -0.2) is 4.79 Å². The lowest BCUT2D eigenvalue weighted by atomic mass is 10.0. The number of thiazole rings is 1. The summed E-state index contributed by atoms with van der Waals surface area (Å²) >= 11 is 0.923. The highest BCUT2D eigenvalue weighted by atomic mass is 32.1. The van der Waals surface area contributed by atoms with Crippen LogP contribution in [0.25, 0.3) is 10.8 Å². The predicted molar refractivity (Wildman–Crippen MR) is 102 cm³/mol. The van der Waals surface area contributed by atoms with Crippen molar-refractivity contribution in [2.75, 3.05) is 6.54 Å². The molecule has 0 saturated carbocycles. The molecule has 10 heteroatoms. The van der Waals surface area contributed by atoms with Crippen molar-refractivity contribution < 1.29 is 27.9 Å². The monoisotopic (exact) mass is 423 g/mol. The Hall–Kier alpha value is -3.14. The molecule has 152 valence electrons. The van der Waals surface area contributed by atoms with Gasteiger partial charge in [-0.05, 0) is 16.3 Å². The summed E-state index contributed by atoms with van der Waals surface area (Å²) in [6, 6.07) is 13.2. The van der Waals surface area contributed by atoms with E-state index in [2.05, 4.69) is 10.3 Å². The topological polar surface area (TPSA) is 83.7 Å². The summed E-state index contributed by atoms with van der Waals surface area (Å²) in [6.07, 6.45) is -4.39.